The van der Waals surface area contributed by atoms with Crippen molar-refractivity contribution in [3.8, 4) is 0 Å². The molecule has 2 heterocycles. The largest absolute Gasteiger partial charge is 0.379 e. The summed E-state index contributed by atoms with van der Waals surface area (Å²) in [5, 5.41) is 16.8. The number of rotatable bonds is 6. The fourth-order valence-electron chi connectivity index (χ4n) is 3.07. The zero-order valence-corrected chi connectivity index (χ0v) is 15.0. The zero-order chi connectivity index (χ0) is 17.9. The van der Waals surface area contributed by atoms with Crippen LogP contribution >= 0.6 is 11.3 Å². The van der Waals surface area contributed by atoms with Gasteiger partial charge in [-0.05, 0) is 25.8 Å². The minimum Gasteiger partial charge on any atom is -0.379 e. The molecule has 2 aromatic rings. The van der Waals surface area contributed by atoms with Crippen LogP contribution < -0.4 is 5.32 Å². The summed E-state index contributed by atoms with van der Waals surface area (Å²) < 4.78 is 13.8. The van der Waals surface area contributed by atoms with Gasteiger partial charge in [0.25, 0.3) is 5.91 Å². The summed E-state index contributed by atoms with van der Waals surface area (Å²) in [6.07, 6.45) is 1.10. The highest BCUT2D eigenvalue weighted by Crippen LogP contribution is 2.24. The van der Waals surface area contributed by atoms with E-state index in [2.05, 4.69) is 10.3 Å². The molecule has 3 rings (SSSR count). The van der Waals surface area contributed by atoms with Crippen LogP contribution in [0.25, 0.3) is 0 Å². The molecular formula is C18H22FN3O2S. The molecule has 134 valence electrons. The number of thiazole rings is 1. The summed E-state index contributed by atoms with van der Waals surface area (Å²) in [7, 11) is 0. The summed E-state index contributed by atoms with van der Waals surface area (Å²) in [4.78, 5) is 18.6. The van der Waals surface area contributed by atoms with E-state index in [-0.39, 0.29) is 24.8 Å². The van der Waals surface area contributed by atoms with Crippen molar-refractivity contribution in [3.63, 3.8) is 0 Å². The average molecular weight is 363 g/mol. The quantitative estimate of drug-likeness (QED) is 0.826. The highest BCUT2D eigenvalue weighted by molar-refractivity contribution is 7.09. The fourth-order valence-corrected chi connectivity index (χ4v) is 3.81. The molecule has 1 aromatic heterocycles. The van der Waals surface area contributed by atoms with Gasteiger partial charge in [0.05, 0.1) is 0 Å². The van der Waals surface area contributed by atoms with Gasteiger partial charge < -0.3 is 15.3 Å². The molecule has 1 aromatic carbocycles. The highest BCUT2D eigenvalue weighted by Gasteiger charge is 2.41. The number of hydrogen-bond acceptors (Lipinski definition) is 5. The predicted octanol–water partition coefficient (Wildman–Crippen LogP) is 2.23. The number of aliphatic hydroxyl groups is 1. The second-order valence-corrected chi connectivity index (χ2v) is 7.38. The van der Waals surface area contributed by atoms with Gasteiger partial charge in [0, 0.05) is 42.8 Å². The number of carbonyl (C=O) groups excluding carboxylic acids is 1. The van der Waals surface area contributed by atoms with Crippen LogP contribution in [0.3, 0.4) is 0 Å². The van der Waals surface area contributed by atoms with Crippen molar-refractivity contribution in [2.75, 3.05) is 13.1 Å². The first-order valence-corrected chi connectivity index (χ1v) is 9.23. The highest BCUT2D eigenvalue weighted by atomic mass is 32.1. The third kappa shape index (κ3) is 4.23. The first kappa shape index (κ1) is 18.0. The van der Waals surface area contributed by atoms with Crippen LogP contribution in [0.15, 0.2) is 29.6 Å². The van der Waals surface area contributed by atoms with E-state index in [1.54, 1.807) is 29.5 Å². The molecular weight excluding hydrogens is 341 g/mol. The Hall–Kier alpha value is -1.83. The molecule has 7 heteroatoms. The standard InChI is InChI=1S/C18H22FN3O2S/c1-13-11-25-16(21-13)9-20-12-18(24)7-4-8-22(17(18)23)10-14-5-2-3-6-15(14)19/h2-3,5-6,11,20,24H,4,7-10,12H2,1H3/t18-/m0/s1. The SMILES string of the molecule is Cc1csc(CNC[C@@]2(O)CCCN(Cc3ccccc3F)C2=O)n1. The van der Waals surface area contributed by atoms with E-state index in [1.807, 2.05) is 12.3 Å². The Morgan fingerprint density at radius 1 is 1.44 bits per heavy atom. The number of likely N-dealkylation sites (tertiary alicyclic amines) is 1. The lowest BCUT2D eigenvalue weighted by atomic mass is 9.91. The van der Waals surface area contributed by atoms with E-state index in [0.29, 0.717) is 31.5 Å². The van der Waals surface area contributed by atoms with Crippen molar-refractivity contribution in [2.45, 2.75) is 38.5 Å². The van der Waals surface area contributed by atoms with E-state index in [1.165, 1.54) is 11.0 Å². The van der Waals surface area contributed by atoms with Gasteiger partial charge in [-0.2, -0.15) is 0 Å². The first-order valence-electron chi connectivity index (χ1n) is 8.35. The second-order valence-electron chi connectivity index (χ2n) is 6.44. The number of aryl methyl sites for hydroxylation is 1. The maximum Gasteiger partial charge on any atom is 0.256 e. The Morgan fingerprint density at radius 2 is 2.24 bits per heavy atom. The van der Waals surface area contributed by atoms with Crippen LogP contribution in [0.1, 0.15) is 29.1 Å². The molecule has 5 nitrogen and oxygen atoms in total. The average Bonchev–Trinajstić information content (AvgIpc) is 2.99. The summed E-state index contributed by atoms with van der Waals surface area (Å²) in [5.74, 6) is -0.675. The number of aromatic nitrogens is 1. The monoisotopic (exact) mass is 363 g/mol. The second kappa shape index (κ2) is 7.59. The van der Waals surface area contributed by atoms with Crippen molar-refractivity contribution in [1.29, 1.82) is 0 Å². The van der Waals surface area contributed by atoms with Crippen molar-refractivity contribution in [3.05, 3.63) is 51.7 Å². The van der Waals surface area contributed by atoms with Gasteiger partial charge in [-0.15, -0.1) is 11.3 Å². The number of piperidine rings is 1. The number of benzene rings is 1. The normalized spacial score (nSPS) is 20.9. The maximum absolute atomic E-state index is 13.8. The third-order valence-electron chi connectivity index (χ3n) is 4.38. The molecule has 25 heavy (non-hydrogen) atoms. The van der Waals surface area contributed by atoms with E-state index in [0.717, 1.165) is 10.7 Å². The van der Waals surface area contributed by atoms with Crippen molar-refractivity contribution in [1.82, 2.24) is 15.2 Å². The van der Waals surface area contributed by atoms with Gasteiger partial charge in [-0.3, -0.25) is 4.79 Å². The summed E-state index contributed by atoms with van der Waals surface area (Å²) in [6, 6.07) is 6.42. The minimum absolute atomic E-state index is 0.165. The Bertz CT molecular complexity index is 751. The molecule has 0 bridgehead atoms. The molecule has 0 unspecified atom stereocenters. The molecule has 0 saturated carbocycles. The molecule has 1 aliphatic rings. The first-order chi connectivity index (χ1) is 12.0. The maximum atomic E-state index is 13.8. The Labute approximate surface area is 150 Å². The van der Waals surface area contributed by atoms with Gasteiger partial charge in [-0.25, -0.2) is 9.37 Å². The molecule has 1 atom stereocenters. The van der Waals surface area contributed by atoms with Gasteiger partial charge >= 0.3 is 0 Å². The molecule has 1 saturated heterocycles. The lowest BCUT2D eigenvalue weighted by Crippen LogP contribution is -2.57. The van der Waals surface area contributed by atoms with Crippen molar-refractivity contribution in [2.24, 2.45) is 0 Å². The van der Waals surface area contributed by atoms with E-state index >= 15 is 0 Å². The van der Waals surface area contributed by atoms with Gasteiger partial charge in [0.15, 0.2) is 5.60 Å². The number of amides is 1. The van der Waals surface area contributed by atoms with Crippen LogP contribution in [0.5, 0.6) is 0 Å². The van der Waals surface area contributed by atoms with Crippen LogP contribution in [0.2, 0.25) is 0 Å². The van der Waals surface area contributed by atoms with Gasteiger partial charge in [0.2, 0.25) is 0 Å². The number of nitrogens with zero attached hydrogens (tertiary/aromatic N) is 2. The zero-order valence-electron chi connectivity index (χ0n) is 14.2. The molecule has 2 N–H and O–H groups in total. The topological polar surface area (TPSA) is 65.5 Å². The van der Waals surface area contributed by atoms with E-state index < -0.39 is 5.60 Å². The van der Waals surface area contributed by atoms with Crippen LogP contribution in [0, 0.1) is 12.7 Å². The number of carbonyl (C=O) groups is 1. The Kier molecular flexibility index (Phi) is 5.46. The van der Waals surface area contributed by atoms with Crippen LogP contribution in [0.4, 0.5) is 4.39 Å². The molecule has 0 aliphatic carbocycles. The minimum atomic E-state index is -1.45. The predicted molar refractivity (Wildman–Crippen MR) is 94.6 cm³/mol. The molecule has 0 radical (unpaired) electrons. The Morgan fingerprint density at radius 3 is 2.96 bits per heavy atom. The summed E-state index contributed by atoms with van der Waals surface area (Å²) in [5.41, 5.74) is -0.0212. The molecule has 1 aliphatic heterocycles. The van der Waals surface area contributed by atoms with E-state index in [4.69, 9.17) is 0 Å². The van der Waals surface area contributed by atoms with Gasteiger partial charge in [0.1, 0.15) is 10.8 Å². The fraction of sp³-hybridized carbons (Fsp3) is 0.444. The van der Waals surface area contributed by atoms with Crippen LogP contribution in [-0.4, -0.2) is 39.6 Å². The summed E-state index contributed by atoms with van der Waals surface area (Å²) >= 11 is 1.55. The lowest BCUT2D eigenvalue weighted by Gasteiger charge is -2.38. The Balaban J connectivity index is 1.61. The van der Waals surface area contributed by atoms with Crippen LogP contribution in [-0.2, 0) is 17.9 Å². The smallest absolute Gasteiger partial charge is 0.256 e. The third-order valence-corrected chi connectivity index (χ3v) is 5.35. The van der Waals surface area contributed by atoms with Crippen molar-refractivity contribution >= 4 is 17.2 Å². The number of hydrogen-bond donors (Lipinski definition) is 2. The van der Waals surface area contributed by atoms with E-state index in [9.17, 15) is 14.3 Å². The number of nitrogens with one attached hydrogen (secondary N) is 1. The summed E-state index contributed by atoms with van der Waals surface area (Å²) in [6.45, 7) is 3.32. The molecule has 0 spiro atoms. The molecule has 1 fully saturated rings. The van der Waals surface area contributed by atoms with Gasteiger partial charge in [-0.1, -0.05) is 18.2 Å². The number of halogens is 1. The van der Waals surface area contributed by atoms with Crippen molar-refractivity contribution < 1.29 is 14.3 Å². The molecule has 1 amide bonds. The lowest BCUT2D eigenvalue weighted by molar-refractivity contribution is -0.157.